The molecule has 0 aromatic carbocycles. The third-order valence-corrected chi connectivity index (χ3v) is 4.22. The van der Waals surface area contributed by atoms with Gasteiger partial charge in [0.25, 0.3) is 0 Å². The van der Waals surface area contributed by atoms with Crippen molar-refractivity contribution in [2.45, 2.75) is 18.1 Å². The molecule has 1 rings (SSSR count). The molecular formula is C8H10BrNO3S. The van der Waals surface area contributed by atoms with Crippen LogP contribution in [-0.4, -0.2) is 30.4 Å². The van der Waals surface area contributed by atoms with Crippen molar-refractivity contribution in [2.75, 3.05) is 5.75 Å². The molecule has 0 fully saturated rings. The van der Waals surface area contributed by atoms with Gasteiger partial charge in [-0.2, -0.15) is 0 Å². The minimum atomic E-state index is -3.50. The summed E-state index contributed by atoms with van der Waals surface area (Å²) in [5, 5.41) is 8.99. The summed E-state index contributed by atoms with van der Waals surface area (Å²) in [6.45, 7) is 1.42. The number of nitrogens with zero attached hydrogens (tertiary/aromatic N) is 1. The van der Waals surface area contributed by atoms with Crippen LogP contribution in [0.1, 0.15) is 6.92 Å². The Hall–Kier alpha value is -0.460. The Kier molecular flexibility index (Phi) is 3.63. The van der Waals surface area contributed by atoms with Crippen LogP contribution in [0.5, 0.6) is 0 Å². The third-order valence-electron chi connectivity index (χ3n) is 1.48. The lowest BCUT2D eigenvalue weighted by atomic mass is 10.5. The average molecular weight is 280 g/mol. The van der Waals surface area contributed by atoms with Gasteiger partial charge in [0, 0.05) is 6.20 Å². The van der Waals surface area contributed by atoms with E-state index in [2.05, 4.69) is 20.9 Å². The Morgan fingerprint density at radius 2 is 2.29 bits per heavy atom. The number of aliphatic hydroxyl groups excluding tert-OH is 1. The number of pyridine rings is 1. The highest BCUT2D eigenvalue weighted by Crippen LogP contribution is 2.20. The van der Waals surface area contributed by atoms with Gasteiger partial charge < -0.3 is 5.11 Å². The molecule has 0 amide bonds. The van der Waals surface area contributed by atoms with E-state index in [1.54, 1.807) is 12.1 Å². The van der Waals surface area contributed by atoms with Gasteiger partial charge in [-0.15, -0.1) is 0 Å². The zero-order chi connectivity index (χ0) is 10.8. The zero-order valence-electron chi connectivity index (χ0n) is 7.51. The second kappa shape index (κ2) is 4.37. The lowest BCUT2D eigenvalue weighted by molar-refractivity contribution is 0.218. The Balaban J connectivity index is 3.11. The Bertz CT molecular complexity index is 416. The third kappa shape index (κ3) is 2.76. The van der Waals surface area contributed by atoms with Crippen molar-refractivity contribution in [3.8, 4) is 0 Å². The van der Waals surface area contributed by atoms with E-state index in [-0.39, 0.29) is 10.8 Å². The van der Waals surface area contributed by atoms with Crippen molar-refractivity contribution in [3.05, 3.63) is 22.8 Å². The topological polar surface area (TPSA) is 67.3 Å². The monoisotopic (exact) mass is 279 g/mol. The van der Waals surface area contributed by atoms with Gasteiger partial charge in [0.1, 0.15) is 0 Å². The molecule has 0 radical (unpaired) electrons. The predicted molar refractivity (Wildman–Crippen MR) is 55.7 cm³/mol. The number of rotatable bonds is 3. The summed E-state index contributed by atoms with van der Waals surface area (Å²) >= 11 is 3.10. The van der Waals surface area contributed by atoms with E-state index < -0.39 is 15.9 Å². The first kappa shape index (κ1) is 11.6. The summed E-state index contributed by atoms with van der Waals surface area (Å²) in [6.07, 6.45) is 0.508. The molecule has 1 N–H and O–H groups in total. The largest absolute Gasteiger partial charge is 0.392 e. The fourth-order valence-electron chi connectivity index (χ4n) is 0.997. The van der Waals surface area contributed by atoms with Crippen LogP contribution in [0.25, 0.3) is 0 Å². The number of halogens is 1. The molecule has 1 aromatic rings. The molecule has 1 atom stereocenters. The van der Waals surface area contributed by atoms with Crippen molar-refractivity contribution in [1.82, 2.24) is 4.98 Å². The van der Waals surface area contributed by atoms with Gasteiger partial charge in [-0.05, 0) is 35.0 Å². The van der Waals surface area contributed by atoms with E-state index in [1.165, 1.54) is 13.1 Å². The maximum absolute atomic E-state index is 11.6. The first-order chi connectivity index (χ1) is 6.43. The van der Waals surface area contributed by atoms with Crippen molar-refractivity contribution >= 4 is 25.8 Å². The molecule has 14 heavy (non-hydrogen) atoms. The summed E-state index contributed by atoms with van der Waals surface area (Å²) in [6, 6.07) is 3.23. The van der Waals surface area contributed by atoms with E-state index in [0.717, 1.165) is 0 Å². The standard InChI is InChI=1S/C8H10BrNO3S/c1-6(11)5-14(12,13)8-7(9)3-2-4-10-8/h2-4,6,11H,5H2,1H3/t6-/m0/s1. The maximum atomic E-state index is 11.6. The van der Waals surface area contributed by atoms with E-state index >= 15 is 0 Å². The molecule has 0 spiro atoms. The first-order valence-electron chi connectivity index (χ1n) is 3.95. The van der Waals surface area contributed by atoms with Crippen molar-refractivity contribution in [1.29, 1.82) is 0 Å². The predicted octanol–water partition coefficient (Wildman–Crippen LogP) is 0.999. The molecule has 0 aliphatic carbocycles. The molecule has 0 saturated carbocycles. The van der Waals surface area contributed by atoms with E-state index in [9.17, 15) is 8.42 Å². The number of aliphatic hydroxyl groups is 1. The smallest absolute Gasteiger partial charge is 0.199 e. The van der Waals surface area contributed by atoms with E-state index in [4.69, 9.17) is 5.11 Å². The van der Waals surface area contributed by atoms with Gasteiger partial charge >= 0.3 is 0 Å². The zero-order valence-corrected chi connectivity index (χ0v) is 9.92. The number of hydrogen-bond donors (Lipinski definition) is 1. The van der Waals surface area contributed by atoms with Crippen molar-refractivity contribution in [2.24, 2.45) is 0 Å². The Morgan fingerprint density at radius 1 is 1.64 bits per heavy atom. The minimum absolute atomic E-state index is 0.0269. The average Bonchev–Trinajstić information content (AvgIpc) is 2.02. The second-order valence-electron chi connectivity index (χ2n) is 2.92. The van der Waals surface area contributed by atoms with Crippen LogP contribution < -0.4 is 0 Å². The van der Waals surface area contributed by atoms with Gasteiger partial charge in [-0.25, -0.2) is 13.4 Å². The molecular weight excluding hydrogens is 270 g/mol. The molecule has 6 heteroatoms. The Labute approximate surface area is 91.0 Å². The highest BCUT2D eigenvalue weighted by molar-refractivity contribution is 9.10. The van der Waals surface area contributed by atoms with E-state index in [1.807, 2.05) is 0 Å². The van der Waals surface area contributed by atoms with Gasteiger partial charge in [-0.1, -0.05) is 0 Å². The lowest BCUT2D eigenvalue weighted by Gasteiger charge is -2.06. The van der Waals surface area contributed by atoms with Crippen molar-refractivity contribution in [3.63, 3.8) is 0 Å². The molecule has 4 nitrogen and oxygen atoms in total. The molecule has 0 saturated heterocycles. The van der Waals surface area contributed by atoms with Gasteiger partial charge in [0.05, 0.1) is 16.3 Å². The fraction of sp³-hybridized carbons (Fsp3) is 0.375. The van der Waals surface area contributed by atoms with Crippen LogP contribution in [0.2, 0.25) is 0 Å². The summed E-state index contributed by atoms with van der Waals surface area (Å²) < 4.78 is 23.6. The lowest BCUT2D eigenvalue weighted by Crippen LogP contribution is -2.19. The molecule has 0 aliphatic rings. The molecule has 1 heterocycles. The Morgan fingerprint density at radius 3 is 2.79 bits per heavy atom. The molecule has 78 valence electrons. The van der Waals surface area contributed by atoms with Crippen molar-refractivity contribution < 1.29 is 13.5 Å². The minimum Gasteiger partial charge on any atom is -0.392 e. The molecule has 0 aliphatic heterocycles. The summed E-state index contributed by atoms with van der Waals surface area (Å²) in [5.74, 6) is -0.317. The van der Waals surface area contributed by atoms with Gasteiger partial charge in [0.2, 0.25) is 0 Å². The number of sulfone groups is 1. The summed E-state index contributed by atoms with van der Waals surface area (Å²) in [4.78, 5) is 3.76. The molecule has 0 unspecified atom stereocenters. The van der Waals surface area contributed by atoms with Crippen LogP contribution in [0, 0.1) is 0 Å². The second-order valence-corrected chi connectivity index (χ2v) is 5.72. The van der Waals surface area contributed by atoms with Gasteiger partial charge in [-0.3, -0.25) is 0 Å². The van der Waals surface area contributed by atoms with Crippen LogP contribution in [0.15, 0.2) is 27.8 Å². The molecule has 1 aromatic heterocycles. The fourth-order valence-corrected chi connectivity index (χ4v) is 3.37. The van der Waals surface area contributed by atoms with Crippen LogP contribution in [-0.2, 0) is 9.84 Å². The van der Waals surface area contributed by atoms with E-state index in [0.29, 0.717) is 4.47 Å². The summed E-state index contributed by atoms with van der Waals surface area (Å²) in [5.41, 5.74) is 0. The maximum Gasteiger partial charge on any atom is 0.199 e. The SMILES string of the molecule is C[C@H](O)CS(=O)(=O)c1ncccc1Br. The normalized spacial score (nSPS) is 13.9. The first-order valence-corrected chi connectivity index (χ1v) is 6.39. The number of aromatic nitrogens is 1. The van der Waals surface area contributed by atoms with Crippen LogP contribution in [0.3, 0.4) is 0 Å². The highest BCUT2D eigenvalue weighted by Gasteiger charge is 2.21. The highest BCUT2D eigenvalue weighted by atomic mass is 79.9. The van der Waals surface area contributed by atoms with Crippen LogP contribution in [0.4, 0.5) is 0 Å². The van der Waals surface area contributed by atoms with Crippen LogP contribution >= 0.6 is 15.9 Å². The quantitative estimate of drug-likeness (QED) is 0.897. The number of hydrogen-bond acceptors (Lipinski definition) is 4. The van der Waals surface area contributed by atoms with Gasteiger partial charge in [0.15, 0.2) is 14.9 Å². The molecule has 0 bridgehead atoms. The summed E-state index contributed by atoms with van der Waals surface area (Å²) in [7, 11) is -3.50.